The van der Waals surface area contributed by atoms with Crippen LogP contribution in [0.3, 0.4) is 0 Å². The number of rotatable bonds is 4. The predicted molar refractivity (Wildman–Crippen MR) is 109 cm³/mol. The van der Waals surface area contributed by atoms with Crippen LogP contribution in [-0.2, 0) is 14.8 Å². The van der Waals surface area contributed by atoms with Crippen molar-refractivity contribution in [3.63, 3.8) is 0 Å². The molecule has 2 aromatic heterocycles. The summed E-state index contributed by atoms with van der Waals surface area (Å²) in [6.45, 7) is 2.71. The Labute approximate surface area is 165 Å². The molecule has 1 N–H and O–H groups in total. The van der Waals surface area contributed by atoms with Crippen molar-refractivity contribution in [3.05, 3.63) is 41.3 Å². The second-order valence-corrected chi connectivity index (χ2v) is 10.7. The fourth-order valence-electron chi connectivity index (χ4n) is 3.24. The normalized spacial score (nSPS) is 16.6. The SMILES string of the molecule is Cc1cccc2sc(NC(=O)C3CCN(S(=O)(=O)c4cccs4)CC3)nc12. The van der Waals surface area contributed by atoms with Gasteiger partial charge in [0.1, 0.15) is 4.21 Å². The van der Waals surface area contributed by atoms with E-state index in [-0.39, 0.29) is 11.8 Å². The number of carbonyl (C=O) groups excluding carboxylic acids is 1. The first-order chi connectivity index (χ1) is 12.9. The van der Waals surface area contributed by atoms with Crippen molar-refractivity contribution < 1.29 is 13.2 Å². The maximum atomic E-state index is 12.6. The number of anilines is 1. The van der Waals surface area contributed by atoms with Gasteiger partial charge in [-0.05, 0) is 42.8 Å². The van der Waals surface area contributed by atoms with Gasteiger partial charge in [0.15, 0.2) is 5.13 Å². The summed E-state index contributed by atoms with van der Waals surface area (Å²) in [5.41, 5.74) is 1.99. The lowest BCUT2D eigenvalue weighted by Crippen LogP contribution is -2.41. The molecule has 0 unspecified atom stereocenters. The lowest BCUT2D eigenvalue weighted by molar-refractivity contribution is -0.120. The summed E-state index contributed by atoms with van der Waals surface area (Å²) in [6.07, 6.45) is 1.03. The molecule has 3 aromatic rings. The van der Waals surface area contributed by atoms with Gasteiger partial charge in [-0.15, -0.1) is 11.3 Å². The van der Waals surface area contributed by atoms with E-state index < -0.39 is 10.0 Å². The van der Waals surface area contributed by atoms with Crippen LogP contribution in [0.1, 0.15) is 18.4 Å². The molecule has 1 fully saturated rings. The molecule has 1 aliphatic heterocycles. The quantitative estimate of drug-likeness (QED) is 0.697. The molecule has 27 heavy (non-hydrogen) atoms. The molecule has 1 aliphatic rings. The molecule has 6 nitrogen and oxygen atoms in total. The number of benzene rings is 1. The van der Waals surface area contributed by atoms with Gasteiger partial charge in [-0.1, -0.05) is 29.5 Å². The van der Waals surface area contributed by atoms with Crippen LogP contribution in [0.4, 0.5) is 5.13 Å². The topological polar surface area (TPSA) is 79.4 Å². The van der Waals surface area contributed by atoms with Crippen molar-refractivity contribution in [1.82, 2.24) is 9.29 Å². The van der Waals surface area contributed by atoms with Crippen molar-refractivity contribution in [2.24, 2.45) is 5.92 Å². The Balaban J connectivity index is 1.40. The van der Waals surface area contributed by atoms with Crippen LogP contribution in [-0.4, -0.2) is 36.7 Å². The molecular weight excluding hydrogens is 402 g/mol. The molecule has 0 saturated carbocycles. The summed E-state index contributed by atoms with van der Waals surface area (Å²) in [5.74, 6) is -0.284. The Hall–Kier alpha value is -1.81. The molecule has 1 aromatic carbocycles. The molecule has 0 aliphatic carbocycles. The zero-order valence-corrected chi connectivity index (χ0v) is 17.2. The number of amides is 1. The fourth-order valence-corrected chi connectivity index (χ4v) is 6.80. The minimum absolute atomic E-state index is 0.0834. The van der Waals surface area contributed by atoms with E-state index in [4.69, 9.17) is 0 Å². The third-order valence-corrected chi connectivity index (χ3v) is 8.97. The molecule has 1 amide bonds. The number of para-hydroxylation sites is 1. The highest BCUT2D eigenvalue weighted by atomic mass is 32.2. The average Bonchev–Trinajstić information content (AvgIpc) is 3.32. The van der Waals surface area contributed by atoms with Crippen LogP contribution < -0.4 is 5.32 Å². The van der Waals surface area contributed by atoms with Crippen molar-refractivity contribution in [2.45, 2.75) is 24.0 Å². The third kappa shape index (κ3) is 3.64. The van der Waals surface area contributed by atoms with Gasteiger partial charge in [0.2, 0.25) is 5.91 Å². The summed E-state index contributed by atoms with van der Waals surface area (Å²) in [6, 6.07) is 9.32. The van der Waals surface area contributed by atoms with E-state index in [2.05, 4.69) is 10.3 Å². The van der Waals surface area contributed by atoms with Gasteiger partial charge in [-0.3, -0.25) is 4.79 Å². The lowest BCUT2D eigenvalue weighted by Gasteiger charge is -2.29. The van der Waals surface area contributed by atoms with Crippen LogP contribution in [0.15, 0.2) is 39.9 Å². The first-order valence-corrected chi connectivity index (χ1v) is 11.8. The summed E-state index contributed by atoms with van der Waals surface area (Å²) in [5, 5.41) is 5.26. The number of carbonyl (C=O) groups is 1. The van der Waals surface area contributed by atoms with Gasteiger partial charge in [-0.2, -0.15) is 4.31 Å². The van der Waals surface area contributed by atoms with Gasteiger partial charge < -0.3 is 5.32 Å². The first kappa shape index (κ1) is 18.5. The van der Waals surface area contributed by atoms with E-state index in [1.165, 1.54) is 27.0 Å². The zero-order valence-electron chi connectivity index (χ0n) is 14.7. The fraction of sp³-hybridized carbons (Fsp3) is 0.333. The molecular formula is C18H19N3O3S3. The van der Waals surface area contributed by atoms with Gasteiger partial charge >= 0.3 is 0 Å². The van der Waals surface area contributed by atoms with E-state index in [9.17, 15) is 13.2 Å². The minimum Gasteiger partial charge on any atom is -0.302 e. The number of piperidine rings is 1. The van der Waals surface area contributed by atoms with Gasteiger partial charge in [0.05, 0.1) is 10.2 Å². The number of fused-ring (bicyclic) bond motifs is 1. The Morgan fingerprint density at radius 1 is 1.22 bits per heavy atom. The molecule has 0 radical (unpaired) electrons. The molecule has 9 heteroatoms. The maximum absolute atomic E-state index is 12.6. The van der Waals surface area contributed by atoms with Gasteiger partial charge in [0, 0.05) is 19.0 Å². The highest BCUT2D eigenvalue weighted by molar-refractivity contribution is 7.91. The van der Waals surface area contributed by atoms with E-state index in [1.807, 2.05) is 25.1 Å². The summed E-state index contributed by atoms with van der Waals surface area (Å²) < 4.78 is 28.0. The monoisotopic (exact) mass is 421 g/mol. The standard InChI is InChI=1S/C18H19N3O3S3/c1-12-4-2-5-14-16(12)19-18(26-14)20-17(22)13-7-9-21(10-8-13)27(23,24)15-6-3-11-25-15/h2-6,11,13H,7-10H2,1H3,(H,19,20,22). The third-order valence-electron chi connectivity index (χ3n) is 4.76. The maximum Gasteiger partial charge on any atom is 0.252 e. The second kappa shape index (κ2) is 7.31. The molecule has 1 saturated heterocycles. The summed E-state index contributed by atoms with van der Waals surface area (Å²) >= 11 is 2.68. The molecule has 0 spiro atoms. The van der Waals surface area contributed by atoms with Crippen molar-refractivity contribution in [2.75, 3.05) is 18.4 Å². The molecule has 4 rings (SSSR count). The Morgan fingerprint density at radius 2 is 2.00 bits per heavy atom. The van der Waals surface area contributed by atoms with E-state index in [0.717, 1.165) is 15.8 Å². The highest BCUT2D eigenvalue weighted by Crippen LogP contribution is 2.30. The number of nitrogens with one attached hydrogen (secondary N) is 1. The van der Waals surface area contributed by atoms with Gasteiger partial charge in [0.25, 0.3) is 10.0 Å². The Bertz CT molecular complexity index is 1070. The number of thiazole rings is 1. The number of nitrogens with zero attached hydrogens (tertiary/aromatic N) is 2. The molecule has 142 valence electrons. The van der Waals surface area contributed by atoms with E-state index in [0.29, 0.717) is 35.3 Å². The summed E-state index contributed by atoms with van der Waals surface area (Å²) in [4.78, 5) is 17.1. The van der Waals surface area contributed by atoms with E-state index >= 15 is 0 Å². The smallest absolute Gasteiger partial charge is 0.252 e. The Kier molecular flexibility index (Phi) is 5.02. The highest BCUT2D eigenvalue weighted by Gasteiger charge is 2.32. The van der Waals surface area contributed by atoms with E-state index in [1.54, 1.807) is 17.5 Å². The van der Waals surface area contributed by atoms with Crippen LogP contribution in [0.5, 0.6) is 0 Å². The number of sulfonamides is 1. The van der Waals surface area contributed by atoms with Crippen molar-refractivity contribution in [3.8, 4) is 0 Å². The average molecular weight is 422 g/mol. The Morgan fingerprint density at radius 3 is 2.67 bits per heavy atom. The van der Waals surface area contributed by atoms with Crippen LogP contribution >= 0.6 is 22.7 Å². The zero-order chi connectivity index (χ0) is 19.0. The molecule has 0 bridgehead atoms. The summed E-state index contributed by atoms with van der Waals surface area (Å²) in [7, 11) is -3.44. The molecule has 3 heterocycles. The molecule has 0 atom stereocenters. The van der Waals surface area contributed by atoms with Crippen molar-refractivity contribution >= 4 is 54.0 Å². The predicted octanol–water partition coefficient (Wildman–Crippen LogP) is 3.71. The second-order valence-electron chi connectivity index (χ2n) is 6.54. The van der Waals surface area contributed by atoms with Crippen molar-refractivity contribution in [1.29, 1.82) is 0 Å². The minimum atomic E-state index is -3.44. The number of hydrogen-bond donors (Lipinski definition) is 1. The number of aromatic nitrogens is 1. The van der Waals surface area contributed by atoms with Gasteiger partial charge in [-0.25, -0.2) is 13.4 Å². The van der Waals surface area contributed by atoms with Crippen LogP contribution in [0.2, 0.25) is 0 Å². The lowest BCUT2D eigenvalue weighted by atomic mass is 9.97. The van der Waals surface area contributed by atoms with Crippen LogP contribution in [0, 0.1) is 12.8 Å². The number of hydrogen-bond acceptors (Lipinski definition) is 6. The first-order valence-electron chi connectivity index (χ1n) is 8.66. The number of thiophene rings is 1. The van der Waals surface area contributed by atoms with Crippen LogP contribution in [0.25, 0.3) is 10.2 Å². The number of aryl methyl sites for hydroxylation is 1. The largest absolute Gasteiger partial charge is 0.302 e.